The van der Waals surface area contributed by atoms with Gasteiger partial charge in [-0.05, 0) is 19.4 Å². The Morgan fingerprint density at radius 1 is 1.43 bits per heavy atom. The van der Waals surface area contributed by atoms with E-state index in [2.05, 4.69) is 0 Å². The van der Waals surface area contributed by atoms with Crippen LogP contribution in [0.4, 0.5) is 13.2 Å². The lowest BCUT2D eigenvalue weighted by Gasteiger charge is -2.39. The van der Waals surface area contributed by atoms with Crippen LogP contribution in [0, 0.1) is 5.41 Å². The van der Waals surface area contributed by atoms with Crippen LogP contribution in [0.2, 0.25) is 0 Å². The van der Waals surface area contributed by atoms with Crippen molar-refractivity contribution in [3.63, 3.8) is 0 Å². The largest absolute Gasteiger partial charge is 0.401 e. The standard InChI is InChI=1S/C9H16F3NO/c1-8(7-14)3-2-4-13(5-8)6-9(10,11)12/h14H,2-7H2,1H3. The van der Waals surface area contributed by atoms with Gasteiger partial charge in [-0.3, -0.25) is 4.90 Å². The van der Waals surface area contributed by atoms with Crippen molar-refractivity contribution >= 4 is 0 Å². The zero-order chi connectivity index (χ0) is 10.8. The minimum atomic E-state index is -4.13. The molecule has 1 atom stereocenters. The number of hydrogen-bond donors (Lipinski definition) is 1. The number of aliphatic hydroxyl groups excluding tert-OH is 1. The summed E-state index contributed by atoms with van der Waals surface area (Å²) in [5, 5.41) is 9.06. The summed E-state index contributed by atoms with van der Waals surface area (Å²) in [6.07, 6.45) is -2.60. The highest BCUT2D eigenvalue weighted by molar-refractivity contribution is 4.83. The van der Waals surface area contributed by atoms with E-state index < -0.39 is 12.7 Å². The van der Waals surface area contributed by atoms with Gasteiger partial charge in [0, 0.05) is 18.6 Å². The molecule has 0 aromatic heterocycles. The van der Waals surface area contributed by atoms with E-state index in [9.17, 15) is 13.2 Å². The smallest absolute Gasteiger partial charge is 0.396 e. The Hall–Kier alpha value is -0.290. The van der Waals surface area contributed by atoms with Crippen molar-refractivity contribution in [3.05, 3.63) is 0 Å². The maximum absolute atomic E-state index is 12.1. The molecule has 0 aromatic carbocycles. The van der Waals surface area contributed by atoms with Gasteiger partial charge in [-0.1, -0.05) is 6.92 Å². The first kappa shape index (κ1) is 11.8. The third-order valence-electron chi connectivity index (χ3n) is 2.64. The summed E-state index contributed by atoms with van der Waals surface area (Å²) >= 11 is 0. The predicted molar refractivity (Wildman–Crippen MR) is 46.9 cm³/mol. The van der Waals surface area contributed by atoms with Crippen LogP contribution in [0.3, 0.4) is 0 Å². The number of rotatable bonds is 2. The Kier molecular flexibility index (Phi) is 3.42. The number of aliphatic hydroxyl groups is 1. The molecule has 0 amide bonds. The number of alkyl halides is 3. The van der Waals surface area contributed by atoms with Gasteiger partial charge < -0.3 is 5.11 Å². The van der Waals surface area contributed by atoms with E-state index in [0.29, 0.717) is 13.1 Å². The molecule has 1 aliphatic rings. The number of halogens is 3. The third kappa shape index (κ3) is 3.46. The van der Waals surface area contributed by atoms with E-state index in [1.165, 1.54) is 4.90 Å². The molecule has 1 N–H and O–H groups in total. The number of hydrogen-bond acceptors (Lipinski definition) is 2. The Balaban J connectivity index is 2.48. The van der Waals surface area contributed by atoms with Gasteiger partial charge in [0.25, 0.3) is 0 Å². The minimum Gasteiger partial charge on any atom is -0.396 e. The third-order valence-corrected chi connectivity index (χ3v) is 2.64. The molecule has 84 valence electrons. The van der Waals surface area contributed by atoms with Crippen molar-refractivity contribution < 1.29 is 18.3 Å². The summed E-state index contributed by atoms with van der Waals surface area (Å²) in [4.78, 5) is 1.37. The summed E-state index contributed by atoms with van der Waals surface area (Å²) in [5.74, 6) is 0. The second-order valence-corrected chi connectivity index (χ2v) is 4.40. The fraction of sp³-hybridized carbons (Fsp3) is 1.00. The molecule has 0 radical (unpaired) electrons. The first-order valence-electron chi connectivity index (χ1n) is 4.75. The fourth-order valence-electron chi connectivity index (χ4n) is 1.94. The molecular weight excluding hydrogens is 195 g/mol. The molecule has 0 saturated carbocycles. The van der Waals surface area contributed by atoms with E-state index in [-0.39, 0.29) is 12.0 Å². The van der Waals surface area contributed by atoms with Crippen molar-refractivity contribution in [2.24, 2.45) is 5.41 Å². The predicted octanol–water partition coefficient (Wildman–Crippen LogP) is 1.64. The van der Waals surface area contributed by atoms with Gasteiger partial charge in [0.15, 0.2) is 0 Å². The molecule has 2 nitrogen and oxygen atoms in total. The van der Waals surface area contributed by atoms with Crippen molar-refractivity contribution in [2.45, 2.75) is 25.9 Å². The van der Waals surface area contributed by atoms with E-state index in [0.717, 1.165) is 12.8 Å². The Bertz CT molecular complexity index is 195. The highest BCUT2D eigenvalue weighted by Gasteiger charge is 2.36. The molecule has 1 heterocycles. The van der Waals surface area contributed by atoms with Gasteiger partial charge in [0.05, 0.1) is 6.54 Å². The van der Waals surface area contributed by atoms with Gasteiger partial charge in [-0.25, -0.2) is 0 Å². The number of piperidine rings is 1. The van der Waals surface area contributed by atoms with E-state index >= 15 is 0 Å². The summed E-state index contributed by atoms with van der Waals surface area (Å²) in [6, 6.07) is 0. The second-order valence-electron chi connectivity index (χ2n) is 4.40. The zero-order valence-electron chi connectivity index (χ0n) is 8.27. The lowest BCUT2D eigenvalue weighted by Crippen LogP contribution is -2.47. The SMILES string of the molecule is CC1(CO)CCCN(CC(F)(F)F)C1. The van der Waals surface area contributed by atoms with Crippen molar-refractivity contribution in [3.8, 4) is 0 Å². The lowest BCUT2D eigenvalue weighted by atomic mass is 9.83. The Labute approximate surface area is 81.7 Å². The molecular formula is C9H16F3NO. The molecule has 5 heteroatoms. The van der Waals surface area contributed by atoms with Crippen LogP contribution < -0.4 is 0 Å². The van der Waals surface area contributed by atoms with Gasteiger partial charge in [0.2, 0.25) is 0 Å². The first-order valence-corrected chi connectivity index (χ1v) is 4.75. The minimum absolute atomic E-state index is 0.0403. The molecule has 0 aliphatic carbocycles. The Morgan fingerprint density at radius 3 is 2.57 bits per heavy atom. The van der Waals surface area contributed by atoms with Crippen LogP contribution in [0.5, 0.6) is 0 Å². The number of likely N-dealkylation sites (tertiary alicyclic amines) is 1. The quantitative estimate of drug-likeness (QED) is 0.750. The second kappa shape index (κ2) is 4.06. The van der Waals surface area contributed by atoms with Crippen molar-refractivity contribution in [1.29, 1.82) is 0 Å². The van der Waals surface area contributed by atoms with Gasteiger partial charge in [-0.15, -0.1) is 0 Å². The van der Waals surface area contributed by atoms with Crippen LogP contribution in [-0.4, -0.2) is 42.4 Å². The molecule has 0 aromatic rings. The fourth-order valence-corrected chi connectivity index (χ4v) is 1.94. The van der Waals surface area contributed by atoms with Gasteiger partial charge in [-0.2, -0.15) is 13.2 Å². The van der Waals surface area contributed by atoms with Crippen molar-refractivity contribution in [2.75, 3.05) is 26.2 Å². The summed E-state index contributed by atoms with van der Waals surface area (Å²) in [7, 11) is 0. The summed E-state index contributed by atoms with van der Waals surface area (Å²) in [5.41, 5.74) is -0.358. The van der Waals surface area contributed by atoms with Crippen LogP contribution in [0.15, 0.2) is 0 Å². The van der Waals surface area contributed by atoms with Crippen molar-refractivity contribution in [1.82, 2.24) is 4.90 Å². The molecule has 1 aliphatic heterocycles. The van der Waals surface area contributed by atoms with Gasteiger partial charge in [0.1, 0.15) is 0 Å². The molecule has 0 bridgehead atoms. The van der Waals surface area contributed by atoms with Gasteiger partial charge >= 0.3 is 6.18 Å². The maximum atomic E-state index is 12.1. The van der Waals surface area contributed by atoms with E-state index in [1.54, 1.807) is 0 Å². The van der Waals surface area contributed by atoms with E-state index in [1.807, 2.05) is 6.92 Å². The Morgan fingerprint density at radius 2 is 2.07 bits per heavy atom. The highest BCUT2D eigenvalue weighted by atomic mass is 19.4. The topological polar surface area (TPSA) is 23.5 Å². The average Bonchev–Trinajstić information content (AvgIpc) is 2.01. The maximum Gasteiger partial charge on any atom is 0.401 e. The summed E-state index contributed by atoms with van der Waals surface area (Å²) < 4.78 is 36.3. The molecule has 0 spiro atoms. The normalized spacial score (nSPS) is 30.6. The van der Waals surface area contributed by atoms with Crippen LogP contribution in [0.25, 0.3) is 0 Å². The molecule has 1 rings (SSSR count). The monoisotopic (exact) mass is 211 g/mol. The van der Waals surface area contributed by atoms with Crippen LogP contribution in [-0.2, 0) is 0 Å². The van der Waals surface area contributed by atoms with Crippen LogP contribution in [0.1, 0.15) is 19.8 Å². The molecule has 1 fully saturated rings. The molecule has 14 heavy (non-hydrogen) atoms. The molecule has 1 unspecified atom stereocenters. The zero-order valence-corrected chi connectivity index (χ0v) is 8.27. The first-order chi connectivity index (χ1) is 6.35. The summed E-state index contributed by atoms with van der Waals surface area (Å²) in [6.45, 7) is 1.75. The lowest BCUT2D eigenvalue weighted by molar-refractivity contribution is -0.153. The van der Waals surface area contributed by atoms with E-state index in [4.69, 9.17) is 5.11 Å². The van der Waals surface area contributed by atoms with Crippen LogP contribution >= 0.6 is 0 Å². The molecule has 1 saturated heterocycles. The average molecular weight is 211 g/mol. The highest BCUT2D eigenvalue weighted by Crippen LogP contribution is 2.30. The number of nitrogens with zero attached hydrogens (tertiary/aromatic N) is 1.